The summed E-state index contributed by atoms with van der Waals surface area (Å²) in [6.45, 7) is 6.47. The van der Waals surface area contributed by atoms with Crippen molar-refractivity contribution >= 4 is 66.7 Å². The third-order valence-corrected chi connectivity index (χ3v) is 11.5. The van der Waals surface area contributed by atoms with Gasteiger partial charge in [0.2, 0.25) is 0 Å². The van der Waals surface area contributed by atoms with Crippen LogP contribution in [0.2, 0.25) is 0 Å². The second kappa shape index (κ2) is 16.8. The van der Waals surface area contributed by atoms with Crippen LogP contribution >= 0.6 is 0 Å². The number of anilines is 5. The first kappa shape index (κ1) is 38.1. The van der Waals surface area contributed by atoms with Gasteiger partial charge in [0.05, 0.1) is 0 Å². The van der Waals surface area contributed by atoms with Gasteiger partial charge >= 0.3 is 0 Å². The van der Waals surface area contributed by atoms with Crippen LogP contribution < -0.4 is 10.2 Å². The first-order valence-corrected chi connectivity index (χ1v) is 21.0. The van der Waals surface area contributed by atoms with Crippen LogP contribution in [0.1, 0.15) is 12.5 Å². The van der Waals surface area contributed by atoms with Gasteiger partial charge in [0, 0.05) is 44.8 Å². The van der Waals surface area contributed by atoms with E-state index in [-0.39, 0.29) is 0 Å². The van der Waals surface area contributed by atoms with E-state index in [1.807, 2.05) is 55.5 Å². The van der Waals surface area contributed by atoms with Gasteiger partial charge in [-0.05, 0) is 142 Å². The van der Waals surface area contributed by atoms with E-state index in [2.05, 4.69) is 199 Å². The van der Waals surface area contributed by atoms with Gasteiger partial charge in [-0.15, -0.1) is 0 Å². The van der Waals surface area contributed by atoms with Gasteiger partial charge in [-0.25, -0.2) is 0 Å². The Kier molecular flexibility index (Phi) is 10.3. The second-order valence-electron chi connectivity index (χ2n) is 15.5. The smallest absolute Gasteiger partial charge is 0.135 e. The number of rotatable bonds is 11. The third-order valence-electron chi connectivity index (χ3n) is 11.5. The summed E-state index contributed by atoms with van der Waals surface area (Å²) in [6, 6.07) is 73.3. The number of hydrogen-bond acceptors (Lipinski definition) is 3. The number of allylic oxidation sites excluding steroid dienone is 5. The maximum absolute atomic E-state index is 6.13. The minimum absolute atomic E-state index is 0.899. The molecule has 9 aromatic carbocycles. The lowest BCUT2D eigenvalue weighted by molar-refractivity contribution is 0.669. The second-order valence-corrected chi connectivity index (χ2v) is 15.5. The summed E-state index contributed by atoms with van der Waals surface area (Å²) >= 11 is 0. The highest BCUT2D eigenvalue weighted by atomic mass is 16.3. The molecule has 0 amide bonds. The minimum Gasteiger partial charge on any atom is -0.456 e. The maximum Gasteiger partial charge on any atom is 0.135 e. The zero-order chi connectivity index (χ0) is 41.8. The highest BCUT2D eigenvalue weighted by Gasteiger charge is 2.16. The van der Waals surface area contributed by atoms with E-state index in [0.29, 0.717) is 0 Å². The first-order valence-electron chi connectivity index (χ1n) is 21.0. The monoisotopic (exact) mass is 796 g/mol. The molecule has 0 aliphatic carbocycles. The van der Waals surface area contributed by atoms with E-state index in [9.17, 15) is 0 Å². The van der Waals surface area contributed by atoms with Crippen molar-refractivity contribution in [2.24, 2.45) is 0 Å². The average Bonchev–Trinajstić information content (AvgIpc) is 3.71. The molecule has 10 aromatic rings. The molecule has 296 valence electrons. The van der Waals surface area contributed by atoms with E-state index in [1.54, 1.807) is 0 Å². The molecule has 1 aromatic heterocycles. The molecular formula is C59H44N2O. The zero-order valence-electron chi connectivity index (χ0n) is 34.5. The van der Waals surface area contributed by atoms with E-state index < -0.39 is 0 Å². The van der Waals surface area contributed by atoms with E-state index in [4.69, 9.17) is 4.42 Å². The summed E-state index contributed by atoms with van der Waals surface area (Å²) in [5.74, 6) is 0. The highest BCUT2D eigenvalue weighted by molar-refractivity contribution is 6.06. The molecule has 0 saturated heterocycles. The van der Waals surface area contributed by atoms with Crippen molar-refractivity contribution in [1.29, 1.82) is 0 Å². The molecule has 0 saturated carbocycles. The normalized spacial score (nSPS) is 11.6. The summed E-state index contributed by atoms with van der Waals surface area (Å²) in [6.07, 6.45) is 8.14. The molecule has 0 spiro atoms. The molecule has 0 atom stereocenters. The predicted molar refractivity (Wildman–Crippen MR) is 265 cm³/mol. The molecule has 1 N–H and O–H groups in total. The Bertz CT molecular complexity index is 3260. The Labute approximate surface area is 362 Å². The van der Waals surface area contributed by atoms with Crippen molar-refractivity contribution in [3.05, 3.63) is 243 Å². The number of nitrogens with one attached hydrogen (secondary N) is 1. The number of nitrogens with zero attached hydrogens (tertiary/aromatic N) is 1. The molecule has 0 fully saturated rings. The Morgan fingerprint density at radius 3 is 1.68 bits per heavy atom. The fourth-order valence-corrected chi connectivity index (χ4v) is 8.28. The molecule has 62 heavy (non-hydrogen) atoms. The Morgan fingerprint density at radius 2 is 1.00 bits per heavy atom. The molecular weight excluding hydrogens is 753 g/mol. The van der Waals surface area contributed by atoms with Gasteiger partial charge in [-0.1, -0.05) is 152 Å². The highest BCUT2D eigenvalue weighted by Crippen LogP contribution is 2.40. The summed E-state index contributed by atoms with van der Waals surface area (Å²) in [5, 5.41) is 8.34. The van der Waals surface area contributed by atoms with Crippen molar-refractivity contribution in [1.82, 2.24) is 0 Å². The van der Waals surface area contributed by atoms with Crippen molar-refractivity contribution in [2.75, 3.05) is 10.2 Å². The minimum atomic E-state index is 0.899. The van der Waals surface area contributed by atoms with Crippen molar-refractivity contribution < 1.29 is 4.42 Å². The molecule has 0 aliphatic rings. The number of fused-ring (bicyclic) bond motifs is 4. The number of hydrogen-bond donors (Lipinski definition) is 1. The van der Waals surface area contributed by atoms with Crippen LogP contribution in [0.5, 0.6) is 0 Å². The number of para-hydroxylation sites is 2. The van der Waals surface area contributed by atoms with Gasteiger partial charge in [0.25, 0.3) is 0 Å². The molecule has 3 heteroatoms. The van der Waals surface area contributed by atoms with Gasteiger partial charge in [-0.2, -0.15) is 0 Å². The Hall–Kier alpha value is -8.14. The zero-order valence-corrected chi connectivity index (χ0v) is 34.5. The van der Waals surface area contributed by atoms with Crippen molar-refractivity contribution in [3.63, 3.8) is 0 Å². The SMILES string of the molecule is C=C(/C=C\C=C/C)c1cc(-c2ccc(N(c3ccc(-c4ccc5ccccc5c4)cc3)c3ccc(-c4ccc5oc6ccccc6c5c4)cc3)cc2)ccc1Nc1ccccc1. The van der Waals surface area contributed by atoms with Gasteiger partial charge in [-0.3, -0.25) is 0 Å². The maximum atomic E-state index is 6.13. The third kappa shape index (κ3) is 7.72. The first-order chi connectivity index (χ1) is 30.6. The Balaban J connectivity index is 1.01. The molecule has 0 aliphatic heterocycles. The topological polar surface area (TPSA) is 28.4 Å². The molecule has 1 heterocycles. The number of benzene rings is 9. The summed E-state index contributed by atoms with van der Waals surface area (Å²) in [5.41, 5.74) is 15.9. The summed E-state index contributed by atoms with van der Waals surface area (Å²) in [7, 11) is 0. The van der Waals surface area contributed by atoms with Crippen LogP contribution in [0.3, 0.4) is 0 Å². The fourth-order valence-electron chi connectivity index (χ4n) is 8.28. The quantitative estimate of drug-likeness (QED) is 0.132. The molecule has 10 rings (SSSR count). The van der Waals surface area contributed by atoms with E-state index in [1.165, 1.54) is 21.9 Å². The van der Waals surface area contributed by atoms with Gasteiger partial charge in [0.1, 0.15) is 11.2 Å². The molecule has 0 unspecified atom stereocenters. The predicted octanol–water partition coefficient (Wildman–Crippen LogP) is 17.1. The van der Waals surface area contributed by atoms with Crippen LogP contribution in [-0.4, -0.2) is 0 Å². The van der Waals surface area contributed by atoms with Crippen LogP contribution in [0.15, 0.2) is 242 Å². The van der Waals surface area contributed by atoms with Crippen LogP contribution in [0.25, 0.3) is 71.7 Å². The fraction of sp³-hybridized carbons (Fsp3) is 0.0169. The van der Waals surface area contributed by atoms with Crippen LogP contribution in [-0.2, 0) is 0 Å². The standard InChI is InChI=1S/C59H44N2O/c1-3-4-6-13-41(2)55-39-48(28-36-57(55)60-50-16-7-5-8-17-50)44-24-32-52(33-25-44)61(51-30-22-43(23-31-51)47-21-20-42-14-9-10-15-46(42)38-47)53-34-26-45(27-35-53)49-29-37-59-56(40-49)54-18-11-12-19-58(54)62-59/h3-40,60H,2H2,1H3/b4-3-,13-6-. The lowest BCUT2D eigenvalue weighted by Gasteiger charge is -2.26. The summed E-state index contributed by atoms with van der Waals surface area (Å²) < 4.78 is 6.13. The Morgan fingerprint density at radius 1 is 0.468 bits per heavy atom. The van der Waals surface area contributed by atoms with E-state index in [0.717, 1.165) is 83.8 Å². The lowest BCUT2D eigenvalue weighted by atomic mass is 9.97. The molecule has 0 radical (unpaired) electrons. The largest absolute Gasteiger partial charge is 0.456 e. The lowest BCUT2D eigenvalue weighted by Crippen LogP contribution is -2.09. The van der Waals surface area contributed by atoms with E-state index >= 15 is 0 Å². The number of furan rings is 1. The summed E-state index contributed by atoms with van der Waals surface area (Å²) in [4.78, 5) is 2.33. The van der Waals surface area contributed by atoms with Crippen LogP contribution in [0, 0.1) is 0 Å². The van der Waals surface area contributed by atoms with Crippen LogP contribution in [0.4, 0.5) is 28.4 Å². The van der Waals surface area contributed by atoms with Gasteiger partial charge < -0.3 is 14.6 Å². The van der Waals surface area contributed by atoms with Crippen molar-refractivity contribution in [2.45, 2.75) is 6.92 Å². The molecule has 0 bridgehead atoms. The van der Waals surface area contributed by atoms with Gasteiger partial charge in [0.15, 0.2) is 0 Å². The average molecular weight is 797 g/mol. The molecule has 3 nitrogen and oxygen atoms in total. The van der Waals surface area contributed by atoms with Crippen molar-refractivity contribution in [3.8, 4) is 33.4 Å².